The monoisotopic (exact) mass is 343 g/mol. The summed E-state index contributed by atoms with van der Waals surface area (Å²) in [5.41, 5.74) is 2.48. The third-order valence-electron chi connectivity index (χ3n) is 3.73. The van der Waals surface area contributed by atoms with Crippen LogP contribution in [0.2, 0.25) is 0 Å². The molecular weight excluding hydrogens is 326 g/mol. The van der Waals surface area contributed by atoms with Gasteiger partial charge in [-0.05, 0) is 35.9 Å². The van der Waals surface area contributed by atoms with Gasteiger partial charge < -0.3 is 5.11 Å². The Labute approximate surface area is 140 Å². The lowest BCUT2D eigenvalue weighted by Gasteiger charge is -2.14. The van der Waals surface area contributed by atoms with E-state index in [9.17, 15) is 13.5 Å². The van der Waals surface area contributed by atoms with E-state index >= 15 is 0 Å². The van der Waals surface area contributed by atoms with Crippen molar-refractivity contribution < 1.29 is 13.5 Å². The highest BCUT2D eigenvalue weighted by Crippen LogP contribution is 2.22. The van der Waals surface area contributed by atoms with Crippen LogP contribution in [0.1, 0.15) is 11.7 Å². The molecule has 0 saturated heterocycles. The molecule has 0 amide bonds. The number of aromatic nitrogens is 3. The molecule has 0 aliphatic rings. The second kappa shape index (κ2) is 6.54. The van der Waals surface area contributed by atoms with Crippen molar-refractivity contribution in [2.75, 3.05) is 6.26 Å². The van der Waals surface area contributed by atoms with Gasteiger partial charge in [0.25, 0.3) is 0 Å². The van der Waals surface area contributed by atoms with Crippen LogP contribution < -0.4 is 0 Å². The Kier molecular flexibility index (Phi) is 4.46. The Morgan fingerprint density at radius 2 is 1.71 bits per heavy atom. The third kappa shape index (κ3) is 3.52. The van der Waals surface area contributed by atoms with Gasteiger partial charge in [0.15, 0.2) is 9.84 Å². The van der Waals surface area contributed by atoms with Gasteiger partial charge in [0.05, 0.1) is 23.2 Å². The number of rotatable bonds is 5. The van der Waals surface area contributed by atoms with Crippen LogP contribution in [0.25, 0.3) is 11.3 Å². The van der Waals surface area contributed by atoms with Gasteiger partial charge in [0.1, 0.15) is 0 Å². The van der Waals surface area contributed by atoms with E-state index < -0.39 is 15.9 Å². The summed E-state index contributed by atoms with van der Waals surface area (Å²) in [6, 6.07) is 11.9. The molecule has 0 radical (unpaired) electrons. The van der Waals surface area contributed by atoms with E-state index in [1.165, 1.54) is 12.1 Å². The molecule has 1 aromatic carbocycles. The van der Waals surface area contributed by atoms with Crippen molar-refractivity contribution in [1.82, 2.24) is 14.8 Å². The first-order valence-electron chi connectivity index (χ1n) is 7.35. The fourth-order valence-electron chi connectivity index (χ4n) is 2.45. The normalized spacial score (nSPS) is 12.9. The standard InChI is InChI=1S/C17H17N3O3S/c1-24(22,23)15-4-2-14(3-5-15)17(21)12-20-16(8-11-19-20)13-6-9-18-10-7-13/h2-11,17,21H,12H2,1H3. The number of hydrogen-bond acceptors (Lipinski definition) is 5. The van der Waals surface area contributed by atoms with Gasteiger partial charge in [0.2, 0.25) is 0 Å². The molecule has 2 heterocycles. The van der Waals surface area contributed by atoms with Gasteiger partial charge in [-0.2, -0.15) is 5.10 Å². The van der Waals surface area contributed by atoms with E-state index in [0.29, 0.717) is 5.56 Å². The lowest BCUT2D eigenvalue weighted by Crippen LogP contribution is -2.11. The Bertz CT molecular complexity index is 919. The lowest BCUT2D eigenvalue weighted by molar-refractivity contribution is 0.152. The number of aliphatic hydroxyl groups is 1. The third-order valence-corrected chi connectivity index (χ3v) is 4.86. The maximum Gasteiger partial charge on any atom is 0.175 e. The van der Waals surface area contributed by atoms with Crippen LogP contribution >= 0.6 is 0 Å². The lowest BCUT2D eigenvalue weighted by atomic mass is 10.1. The maximum atomic E-state index is 11.5. The fourth-order valence-corrected chi connectivity index (χ4v) is 3.08. The number of nitrogens with zero attached hydrogens (tertiary/aromatic N) is 3. The topological polar surface area (TPSA) is 85.1 Å². The molecule has 0 saturated carbocycles. The van der Waals surface area contributed by atoms with Gasteiger partial charge in [-0.1, -0.05) is 12.1 Å². The largest absolute Gasteiger partial charge is 0.386 e. The Balaban J connectivity index is 1.81. The molecule has 0 aliphatic heterocycles. The molecule has 0 bridgehead atoms. The number of hydrogen-bond donors (Lipinski definition) is 1. The minimum atomic E-state index is -3.24. The zero-order valence-electron chi connectivity index (χ0n) is 13.1. The van der Waals surface area contributed by atoms with Crippen LogP contribution in [-0.4, -0.2) is 34.5 Å². The molecule has 1 unspecified atom stereocenters. The van der Waals surface area contributed by atoms with Crippen molar-refractivity contribution in [3.05, 3.63) is 66.6 Å². The average molecular weight is 343 g/mol. The van der Waals surface area contributed by atoms with Crippen molar-refractivity contribution in [3.8, 4) is 11.3 Å². The van der Waals surface area contributed by atoms with E-state index in [4.69, 9.17) is 0 Å². The quantitative estimate of drug-likeness (QED) is 0.767. The van der Waals surface area contributed by atoms with E-state index in [1.54, 1.807) is 35.4 Å². The molecule has 0 aliphatic carbocycles. The predicted octanol–water partition coefficient (Wildman–Crippen LogP) is 2.08. The van der Waals surface area contributed by atoms with Crippen LogP contribution in [0, 0.1) is 0 Å². The zero-order chi connectivity index (χ0) is 17.2. The first kappa shape index (κ1) is 16.4. The average Bonchev–Trinajstić information content (AvgIpc) is 3.03. The fraction of sp³-hybridized carbons (Fsp3) is 0.176. The summed E-state index contributed by atoms with van der Waals surface area (Å²) in [6.45, 7) is 0.267. The summed E-state index contributed by atoms with van der Waals surface area (Å²) < 4.78 is 24.7. The van der Waals surface area contributed by atoms with Crippen LogP contribution in [-0.2, 0) is 16.4 Å². The molecule has 3 rings (SSSR count). The summed E-state index contributed by atoms with van der Waals surface area (Å²) in [4.78, 5) is 4.22. The Morgan fingerprint density at radius 3 is 2.33 bits per heavy atom. The second-order valence-electron chi connectivity index (χ2n) is 5.49. The number of sulfone groups is 1. The first-order chi connectivity index (χ1) is 11.4. The molecule has 1 atom stereocenters. The molecule has 0 spiro atoms. The van der Waals surface area contributed by atoms with Gasteiger partial charge in [-0.3, -0.25) is 9.67 Å². The molecule has 3 aromatic rings. The van der Waals surface area contributed by atoms with Crippen molar-refractivity contribution in [3.63, 3.8) is 0 Å². The van der Waals surface area contributed by atoms with E-state index in [2.05, 4.69) is 10.1 Å². The Morgan fingerprint density at radius 1 is 1.04 bits per heavy atom. The minimum Gasteiger partial charge on any atom is -0.386 e. The Hall–Kier alpha value is -2.51. The van der Waals surface area contributed by atoms with Crippen molar-refractivity contribution in [1.29, 1.82) is 0 Å². The van der Waals surface area contributed by atoms with Crippen molar-refractivity contribution in [2.24, 2.45) is 0 Å². The van der Waals surface area contributed by atoms with Crippen LogP contribution in [0.5, 0.6) is 0 Å². The molecule has 124 valence electrons. The van der Waals surface area contributed by atoms with E-state index in [0.717, 1.165) is 17.5 Å². The smallest absolute Gasteiger partial charge is 0.175 e. The van der Waals surface area contributed by atoms with Crippen LogP contribution in [0.15, 0.2) is 66.0 Å². The van der Waals surface area contributed by atoms with Crippen molar-refractivity contribution >= 4 is 9.84 Å². The molecule has 6 nitrogen and oxygen atoms in total. The van der Waals surface area contributed by atoms with Crippen LogP contribution in [0.4, 0.5) is 0 Å². The van der Waals surface area contributed by atoms with Crippen LogP contribution in [0.3, 0.4) is 0 Å². The summed E-state index contributed by atoms with van der Waals surface area (Å²) in [7, 11) is -3.24. The first-order valence-corrected chi connectivity index (χ1v) is 9.24. The van der Waals surface area contributed by atoms with Gasteiger partial charge in [-0.25, -0.2) is 8.42 Å². The molecule has 7 heteroatoms. The van der Waals surface area contributed by atoms with E-state index in [-0.39, 0.29) is 11.4 Å². The predicted molar refractivity (Wildman–Crippen MR) is 90.0 cm³/mol. The van der Waals surface area contributed by atoms with Gasteiger partial charge >= 0.3 is 0 Å². The SMILES string of the molecule is CS(=O)(=O)c1ccc(C(O)Cn2nccc2-c2ccncc2)cc1. The van der Waals surface area contributed by atoms with Crippen molar-refractivity contribution in [2.45, 2.75) is 17.5 Å². The van der Waals surface area contributed by atoms with Gasteiger partial charge in [-0.15, -0.1) is 0 Å². The van der Waals surface area contributed by atoms with E-state index in [1.807, 2.05) is 18.2 Å². The number of benzene rings is 1. The molecule has 24 heavy (non-hydrogen) atoms. The van der Waals surface area contributed by atoms with Gasteiger partial charge in [0, 0.05) is 30.4 Å². The summed E-state index contributed by atoms with van der Waals surface area (Å²) in [5.74, 6) is 0. The maximum absolute atomic E-state index is 11.5. The number of aliphatic hydroxyl groups excluding tert-OH is 1. The highest BCUT2D eigenvalue weighted by Gasteiger charge is 2.14. The highest BCUT2D eigenvalue weighted by atomic mass is 32.2. The second-order valence-corrected chi connectivity index (χ2v) is 7.51. The molecule has 0 fully saturated rings. The summed E-state index contributed by atoms with van der Waals surface area (Å²) in [6.07, 6.45) is 5.44. The summed E-state index contributed by atoms with van der Waals surface area (Å²) >= 11 is 0. The molecule has 1 N–H and O–H groups in total. The summed E-state index contributed by atoms with van der Waals surface area (Å²) in [5, 5.41) is 14.7. The minimum absolute atomic E-state index is 0.231. The number of pyridine rings is 1. The molecule has 2 aromatic heterocycles. The molecular formula is C17H17N3O3S. The highest BCUT2D eigenvalue weighted by molar-refractivity contribution is 7.90. The zero-order valence-corrected chi connectivity index (χ0v) is 13.9.